The number of aryl methyl sites for hydroxylation is 2. The normalized spacial score (nSPS) is 11.7. The SMILES string of the molecule is CCCCCCCCCCCCCOc1c(C)cc(S(=O)(=O)O)cc1C. The summed E-state index contributed by atoms with van der Waals surface area (Å²) in [6.07, 6.45) is 14.2. The Kier molecular flexibility index (Phi) is 10.9. The first-order valence-corrected chi connectivity index (χ1v) is 11.5. The predicted molar refractivity (Wildman–Crippen MR) is 108 cm³/mol. The second kappa shape index (κ2) is 12.3. The summed E-state index contributed by atoms with van der Waals surface area (Å²) < 4.78 is 37.5. The summed E-state index contributed by atoms with van der Waals surface area (Å²) in [4.78, 5) is -0.0745. The van der Waals surface area contributed by atoms with Crippen LogP contribution in [-0.2, 0) is 10.1 Å². The fraction of sp³-hybridized carbons (Fsp3) is 0.714. The molecule has 0 heterocycles. The third-order valence-corrected chi connectivity index (χ3v) is 5.56. The molecule has 1 aromatic carbocycles. The Morgan fingerprint density at radius 2 is 1.23 bits per heavy atom. The molecule has 0 aromatic heterocycles. The summed E-state index contributed by atoms with van der Waals surface area (Å²) in [5.41, 5.74) is 1.47. The summed E-state index contributed by atoms with van der Waals surface area (Å²) in [6, 6.07) is 2.91. The van der Waals surface area contributed by atoms with Crippen LogP contribution >= 0.6 is 0 Å². The van der Waals surface area contributed by atoms with E-state index >= 15 is 0 Å². The van der Waals surface area contributed by atoms with Crippen LogP contribution in [0.4, 0.5) is 0 Å². The lowest BCUT2D eigenvalue weighted by Gasteiger charge is -2.13. The van der Waals surface area contributed by atoms with Crippen molar-refractivity contribution in [3.8, 4) is 5.75 Å². The van der Waals surface area contributed by atoms with Gasteiger partial charge in [-0.1, -0.05) is 71.1 Å². The van der Waals surface area contributed by atoms with Gasteiger partial charge in [-0.2, -0.15) is 8.42 Å². The fourth-order valence-corrected chi connectivity index (χ4v) is 3.88. The van der Waals surface area contributed by atoms with E-state index in [1.165, 1.54) is 69.9 Å². The van der Waals surface area contributed by atoms with Crippen molar-refractivity contribution in [3.63, 3.8) is 0 Å². The van der Waals surface area contributed by atoms with Gasteiger partial charge in [0, 0.05) is 0 Å². The molecule has 1 rings (SSSR count). The highest BCUT2D eigenvalue weighted by Gasteiger charge is 2.14. The van der Waals surface area contributed by atoms with Gasteiger partial charge in [-0.05, 0) is 43.5 Å². The van der Waals surface area contributed by atoms with E-state index in [0.29, 0.717) is 6.61 Å². The maximum Gasteiger partial charge on any atom is 0.294 e. The van der Waals surface area contributed by atoms with Gasteiger partial charge in [0.1, 0.15) is 5.75 Å². The number of hydrogen-bond acceptors (Lipinski definition) is 3. The van der Waals surface area contributed by atoms with E-state index in [0.717, 1.165) is 29.7 Å². The lowest BCUT2D eigenvalue weighted by atomic mass is 10.1. The van der Waals surface area contributed by atoms with Gasteiger partial charge >= 0.3 is 0 Å². The van der Waals surface area contributed by atoms with E-state index in [1.54, 1.807) is 13.8 Å². The summed E-state index contributed by atoms with van der Waals surface area (Å²) in [6.45, 7) is 6.50. The highest BCUT2D eigenvalue weighted by atomic mass is 32.2. The topological polar surface area (TPSA) is 63.6 Å². The number of hydrogen-bond donors (Lipinski definition) is 1. The molecule has 0 bridgehead atoms. The zero-order chi connectivity index (χ0) is 19.4. The van der Waals surface area contributed by atoms with Crippen LogP contribution in [0.5, 0.6) is 5.75 Å². The molecule has 0 saturated heterocycles. The highest BCUT2D eigenvalue weighted by Crippen LogP contribution is 2.27. The summed E-state index contributed by atoms with van der Waals surface area (Å²) in [5.74, 6) is 0.726. The molecule has 0 unspecified atom stereocenters. The molecule has 0 spiro atoms. The maximum atomic E-state index is 11.2. The first kappa shape index (κ1) is 23.0. The molecule has 0 atom stereocenters. The lowest BCUT2D eigenvalue weighted by Crippen LogP contribution is -2.04. The number of rotatable bonds is 14. The lowest BCUT2D eigenvalue weighted by molar-refractivity contribution is 0.300. The predicted octanol–water partition coefficient (Wildman–Crippen LogP) is 6.24. The second-order valence-electron chi connectivity index (χ2n) is 7.25. The van der Waals surface area contributed by atoms with Crippen LogP contribution in [0.3, 0.4) is 0 Å². The third-order valence-electron chi connectivity index (χ3n) is 4.73. The van der Waals surface area contributed by atoms with Crippen molar-refractivity contribution < 1.29 is 17.7 Å². The molecule has 150 valence electrons. The average Bonchev–Trinajstić information content (AvgIpc) is 2.56. The minimum Gasteiger partial charge on any atom is -0.493 e. The molecular formula is C21H36O4S. The van der Waals surface area contributed by atoms with E-state index < -0.39 is 10.1 Å². The maximum absolute atomic E-state index is 11.2. The van der Waals surface area contributed by atoms with Gasteiger partial charge in [-0.25, -0.2) is 0 Å². The fourth-order valence-electron chi connectivity index (χ4n) is 3.23. The molecular weight excluding hydrogens is 348 g/mol. The molecule has 0 aliphatic carbocycles. The standard InChI is InChI=1S/C21H36O4S/c1-4-5-6-7-8-9-10-11-12-13-14-15-25-21-18(2)16-20(17-19(21)3)26(22,23)24/h16-17H,4-15H2,1-3H3,(H,22,23,24). The number of benzene rings is 1. The molecule has 4 nitrogen and oxygen atoms in total. The van der Waals surface area contributed by atoms with Crippen LogP contribution in [0.25, 0.3) is 0 Å². The quantitative estimate of drug-likeness (QED) is 0.304. The highest BCUT2D eigenvalue weighted by molar-refractivity contribution is 7.85. The Labute approximate surface area is 160 Å². The van der Waals surface area contributed by atoms with Crippen molar-refractivity contribution >= 4 is 10.1 Å². The smallest absolute Gasteiger partial charge is 0.294 e. The Morgan fingerprint density at radius 1 is 0.808 bits per heavy atom. The van der Waals surface area contributed by atoms with Crippen molar-refractivity contribution in [1.82, 2.24) is 0 Å². The van der Waals surface area contributed by atoms with E-state index in [2.05, 4.69) is 6.92 Å². The van der Waals surface area contributed by atoms with Crippen molar-refractivity contribution in [1.29, 1.82) is 0 Å². The zero-order valence-corrected chi connectivity index (χ0v) is 17.5. The number of ether oxygens (including phenoxy) is 1. The van der Waals surface area contributed by atoms with Gasteiger partial charge in [-0.15, -0.1) is 0 Å². The molecule has 0 aliphatic heterocycles. The Hall–Kier alpha value is -1.07. The van der Waals surface area contributed by atoms with Crippen LogP contribution in [0.2, 0.25) is 0 Å². The molecule has 26 heavy (non-hydrogen) atoms. The van der Waals surface area contributed by atoms with Gasteiger partial charge in [0.15, 0.2) is 0 Å². The van der Waals surface area contributed by atoms with Gasteiger partial charge in [0.25, 0.3) is 10.1 Å². The van der Waals surface area contributed by atoms with Crippen LogP contribution in [0, 0.1) is 13.8 Å². The van der Waals surface area contributed by atoms with E-state index in [9.17, 15) is 8.42 Å². The largest absolute Gasteiger partial charge is 0.493 e. The first-order valence-electron chi connectivity index (χ1n) is 10.1. The first-order chi connectivity index (χ1) is 12.4. The molecule has 5 heteroatoms. The van der Waals surface area contributed by atoms with Crippen LogP contribution < -0.4 is 4.74 Å². The van der Waals surface area contributed by atoms with E-state index in [4.69, 9.17) is 9.29 Å². The minimum absolute atomic E-state index is 0.0745. The van der Waals surface area contributed by atoms with Gasteiger partial charge < -0.3 is 4.74 Å². The second-order valence-corrected chi connectivity index (χ2v) is 8.67. The molecule has 0 saturated carbocycles. The van der Waals surface area contributed by atoms with Gasteiger partial charge in [0.05, 0.1) is 11.5 Å². The summed E-state index contributed by atoms with van der Waals surface area (Å²) >= 11 is 0. The molecule has 0 radical (unpaired) electrons. The monoisotopic (exact) mass is 384 g/mol. The van der Waals surface area contributed by atoms with Crippen LogP contribution in [0.15, 0.2) is 17.0 Å². The van der Waals surface area contributed by atoms with Gasteiger partial charge in [-0.3, -0.25) is 4.55 Å². The van der Waals surface area contributed by atoms with Crippen LogP contribution in [0.1, 0.15) is 88.7 Å². The molecule has 1 N–H and O–H groups in total. The third kappa shape index (κ3) is 9.04. The van der Waals surface area contributed by atoms with Crippen molar-refractivity contribution in [2.75, 3.05) is 6.61 Å². The van der Waals surface area contributed by atoms with Crippen molar-refractivity contribution in [3.05, 3.63) is 23.3 Å². The Bertz CT molecular complexity index is 600. The average molecular weight is 385 g/mol. The van der Waals surface area contributed by atoms with Crippen LogP contribution in [-0.4, -0.2) is 19.6 Å². The van der Waals surface area contributed by atoms with E-state index in [1.807, 2.05) is 0 Å². The summed E-state index contributed by atoms with van der Waals surface area (Å²) in [5, 5.41) is 0. The minimum atomic E-state index is -4.17. The Balaban J connectivity index is 2.17. The van der Waals surface area contributed by atoms with Gasteiger partial charge in [0.2, 0.25) is 0 Å². The molecule has 1 aromatic rings. The molecule has 0 amide bonds. The van der Waals surface area contributed by atoms with Crippen molar-refractivity contribution in [2.45, 2.75) is 96.3 Å². The van der Waals surface area contributed by atoms with E-state index in [-0.39, 0.29) is 4.90 Å². The zero-order valence-electron chi connectivity index (χ0n) is 16.7. The Morgan fingerprint density at radius 3 is 1.65 bits per heavy atom. The number of unbranched alkanes of at least 4 members (excludes halogenated alkanes) is 10. The molecule has 0 fully saturated rings. The van der Waals surface area contributed by atoms with Crippen molar-refractivity contribution in [2.24, 2.45) is 0 Å². The summed E-state index contributed by atoms with van der Waals surface area (Å²) in [7, 11) is -4.17. The molecule has 0 aliphatic rings.